The molecule has 2 N–H and O–H groups in total. The monoisotopic (exact) mass is 327 g/mol. The fraction of sp³-hybridized carbons (Fsp3) is 0.722. The lowest BCUT2D eigenvalue weighted by Crippen LogP contribution is -2.39. The van der Waals surface area contributed by atoms with Crippen molar-refractivity contribution in [3.8, 4) is 0 Å². The molecule has 128 valence electrons. The van der Waals surface area contributed by atoms with Crippen LogP contribution in [0.25, 0.3) is 0 Å². The molecule has 0 atom stereocenters. The van der Waals surface area contributed by atoms with Gasteiger partial charge in [-0.25, -0.2) is 4.98 Å². The molecule has 4 aliphatic rings. The van der Waals surface area contributed by atoms with Crippen molar-refractivity contribution >= 4 is 17.7 Å². The van der Waals surface area contributed by atoms with E-state index >= 15 is 0 Å². The van der Waals surface area contributed by atoms with Crippen molar-refractivity contribution in [2.24, 2.45) is 0 Å². The first-order valence-corrected chi connectivity index (χ1v) is 9.46. The molecule has 1 aromatic heterocycles. The van der Waals surface area contributed by atoms with Gasteiger partial charge in [-0.2, -0.15) is 4.98 Å². The average Bonchev–Trinajstić information content (AvgIpc) is 3.17. The molecule has 2 saturated carbocycles. The lowest BCUT2D eigenvalue weighted by molar-refractivity contribution is -0.120. The van der Waals surface area contributed by atoms with Gasteiger partial charge in [-0.05, 0) is 51.6 Å². The number of hydrogen-bond donors (Lipinski definition) is 2. The van der Waals surface area contributed by atoms with Crippen molar-refractivity contribution in [2.45, 2.75) is 68.9 Å². The molecule has 6 nitrogen and oxygen atoms in total. The lowest BCUT2D eigenvalue weighted by atomic mass is 10.0. The van der Waals surface area contributed by atoms with Gasteiger partial charge in [0.15, 0.2) is 0 Å². The Balaban J connectivity index is 1.46. The Hall–Kier alpha value is -1.69. The van der Waals surface area contributed by atoms with Crippen LogP contribution in [0.4, 0.5) is 11.8 Å². The number of carbonyl (C=O) groups is 1. The minimum absolute atomic E-state index is 0.273. The van der Waals surface area contributed by atoms with Gasteiger partial charge in [0.2, 0.25) is 11.9 Å². The van der Waals surface area contributed by atoms with Crippen LogP contribution in [0.5, 0.6) is 0 Å². The van der Waals surface area contributed by atoms with Crippen molar-refractivity contribution in [3.63, 3.8) is 0 Å². The number of amides is 1. The normalized spacial score (nSPS) is 26.2. The van der Waals surface area contributed by atoms with Gasteiger partial charge < -0.3 is 10.6 Å². The third kappa shape index (κ3) is 2.15. The average molecular weight is 327 g/mol. The molecule has 0 aromatic carbocycles. The molecular formula is C18H25N5O. The molecule has 0 unspecified atom stereocenters. The van der Waals surface area contributed by atoms with Crippen LogP contribution < -0.4 is 15.5 Å². The number of rotatable bonds is 3. The summed E-state index contributed by atoms with van der Waals surface area (Å²) in [6.45, 7) is 2.08. The van der Waals surface area contributed by atoms with Crippen LogP contribution in [-0.2, 0) is 10.2 Å². The molecule has 1 aromatic rings. The smallest absolute Gasteiger partial charge is 0.239 e. The summed E-state index contributed by atoms with van der Waals surface area (Å²) in [6.07, 6.45) is 10.7. The van der Waals surface area contributed by atoms with E-state index in [1.54, 1.807) is 0 Å². The number of nitrogens with zero attached hydrogens (tertiary/aromatic N) is 3. The Bertz CT molecular complexity index is 659. The molecule has 3 heterocycles. The van der Waals surface area contributed by atoms with Crippen LogP contribution in [0.2, 0.25) is 0 Å². The maximum atomic E-state index is 13.1. The number of fused-ring (bicyclic) bond motifs is 2. The van der Waals surface area contributed by atoms with E-state index in [9.17, 15) is 4.79 Å². The second-order valence-corrected chi connectivity index (χ2v) is 7.80. The summed E-state index contributed by atoms with van der Waals surface area (Å²) < 4.78 is 0. The molecule has 1 saturated heterocycles. The molecule has 5 rings (SSSR count). The largest absolute Gasteiger partial charge is 0.351 e. The van der Waals surface area contributed by atoms with E-state index in [1.807, 2.05) is 11.1 Å². The number of aromatic nitrogens is 2. The molecule has 1 amide bonds. The Labute approximate surface area is 142 Å². The third-order valence-electron chi connectivity index (χ3n) is 6.25. The maximum absolute atomic E-state index is 13.1. The summed E-state index contributed by atoms with van der Waals surface area (Å²) in [5.74, 6) is 1.88. The van der Waals surface area contributed by atoms with Gasteiger partial charge in [-0.3, -0.25) is 9.69 Å². The number of anilines is 2. The minimum Gasteiger partial charge on any atom is -0.351 e. The zero-order chi connectivity index (χ0) is 16.1. The van der Waals surface area contributed by atoms with Crippen LogP contribution in [0, 0.1) is 0 Å². The molecule has 0 radical (unpaired) electrons. The number of piperidine rings is 1. The van der Waals surface area contributed by atoms with Gasteiger partial charge in [-0.15, -0.1) is 0 Å². The van der Waals surface area contributed by atoms with Gasteiger partial charge in [0, 0.05) is 23.8 Å². The molecule has 2 aliphatic carbocycles. The molecule has 2 aliphatic heterocycles. The molecular weight excluding hydrogens is 302 g/mol. The molecule has 24 heavy (non-hydrogen) atoms. The van der Waals surface area contributed by atoms with Crippen LogP contribution in [-0.4, -0.2) is 41.0 Å². The quantitative estimate of drug-likeness (QED) is 0.888. The highest BCUT2D eigenvalue weighted by atomic mass is 16.2. The van der Waals surface area contributed by atoms with Gasteiger partial charge in [0.1, 0.15) is 5.82 Å². The van der Waals surface area contributed by atoms with Crippen molar-refractivity contribution in [1.82, 2.24) is 15.3 Å². The highest BCUT2D eigenvalue weighted by Gasteiger charge is 2.61. The summed E-state index contributed by atoms with van der Waals surface area (Å²) in [6, 6.07) is 0.772. The molecule has 3 fully saturated rings. The Kier molecular flexibility index (Phi) is 3.30. The Morgan fingerprint density at radius 3 is 2.62 bits per heavy atom. The van der Waals surface area contributed by atoms with Crippen LogP contribution in [0.15, 0.2) is 6.20 Å². The summed E-state index contributed by atoms with van der Waals surface area (Å²) in [7, 11) is 0. The summed E-state index contributed by atoms with van der Waals surface area (Å²) >= 11 is 0. The van der Waals surface area contributed by atoms with E-state index in [4.69, 9.17) is 4.98 Å². The van der Waals surface area contributed by atoms with Crippen LogP contribution in [0.3, 0.4) is 0 Å². The second-order valence-electron chi connectivity index (χ2n) is 7.80. The van der Waals surface area contributed by atoms with Gasteiger partial charge >= 0.3 is 0 Å². The van der Waals surface area contributed by atoms with Crippen molar-refractivity contribution in [2.75, 3.05) is 23.3 Å². The van der Waals surface area contributed by atoms with E-state index in [2.05, 4.69) is 15.6 Å². The number of hydrogen-bond acceptors (Lipinski definition) is 5. The van der Waals surface area contributed by atoms with Crippen LogP contribution >= 0.6 is 0 Å². The van der Waals surface area contributed by atoms with E-state index in [0.29, 0.717) is 18.0 Å². The molecule has 0 bridgehead atoms. The third-order valence-corrected chi connectivity index (χ3v) is 6.25. The zero-order valence-electron chi connectivity index (χ0n) is 14.1. The highest BCUT2D eigenvalue weighted by molar-refractivity contribution is 6.09. The van der Waals surface area contributed by atoms with Gasteiger partial charge in [0.25, 0.3) is 0 Å². The Morgan fingerprint density at radius 1 is 1.17 bits per heavy atom. The van der Waals surface area contributed by atoms with Crippen molar-refractivity contribution in [3.05, 3.63) is 11.8 Å². The SMILES string of the molecule is O=C1N(C2CCCC2)c2nc(NC3CCNCC3)ncc2C12CC2. The summed E-state index contributed by atoms with van der Waals surface area (Å²) in [5, 5.41) is 6.86. The predicted molar refractivity (Wildman–Crippen MR) is 92.2 cm³/mol. The fourth-order valence-electron chi connectivity index (χ4n) is 4.66. The number of nitrogens with one attached hydrogen (secondary N) is 2. The first-order chi connectivity index (χ1) is 11.8. The maximum Gasteiger partial charge on any atom is 0.239 e. The van der Waals surface area contributed by atoms with E-state index in [-0.39, 0.29) is 11.3 Å². The molecule has 1 spiro atoms. The van der Waals surface area contributed by atoms with Crippen LogP contribution in [0.1, 0.15) is 56.9 Å². The topological polar surface area (TPSA) is 70.2 Å². The standard InChI is InChI=1S/C18H25N5O/c24-16-18(7-8-18)14-11-20-17(21-12-5-9-19-10-6-12)22-15(14)23(16)13-3-1-2-4-13/h11-13,19H,1-10H2,(H,20,21,22). The molecule has 6 heteroatoms. The fourth-order valence-corrected chi connectivity index (χ4v) is 4.66. The summed E-state index contributed by atoms with van der Waals surface area (Å²) in [4.78, 5) is 24.5. The minimum atomic E-state index is -0.273. The first-order valence-electron chi connectivity index (χ1n) is 9.46. The van der Waals surface area contributed by atoms with Gasteiger partial charge in [0.05, 0.1) is 5.41 Å². The van der Waals surface area contributed by atoms with E-state index in [1.165, 1.54) is 12.8 Å². The van der Waals surface area contributed by atoms with Gasteiger partial charge in [-0.1, -0.05) is 12.8 Å². The Morgan fingerprint density at radius 2 is 1.92 bits per heavy atom. The second kappa shape index (κ2) is 5.41. The predicted octanol–water partition coefficient (Wildman–Crippen LogP) is 1.96. The zero-order valence-corrected chi connectivity index (χ0v) is 14.1. The highest BCUT2D eigenvalue weighted by Crippen LogP contribution is 2.57. The number of carbonyl (C=O) groups excluding carboxylic acids is 1. The van der Waals surface area contributed by atoms with Crippen molar-refractivity contribution < 1.29 is 4.79 Å². The van der Waals surface area contributed by atoms with E-state index < -0.39 is 0 Å². The summed E-state index contributed by atoms with van der Waals surface area (Å²) in [5.41, 5.74) is 0.806. The first kappa shape index (κ1) is 14.6. The van der Waals surface area contributed by atoms with E-state index in [0.717, 1.165) is 63.0 Å². The van der Waals surface area contributed by atoms with Crippen molar-refractivity contribution in [1.29, 1.82) is 0 Å². The lowest BCUT2D eigenvalue weighted by Gasteiger charge is -2.26.